The summed E-state index contributed by atoms with van der Waals surface area (Å²) in [6.45, 7) is 3.90. The lowest BCUT2D eigenvalue weighted by Gasteiger charge is -2.02. The molecule has 0 aliphatic carbocycles. The van der Waals surface area contributed by atoms with Crippen molar-refractivity contribution in [2.24, 2.45) is 12.8 Å². The van der Waals surface area contributed by atoms with Gasteiger partial charge < -0.3 is 10.3 Å². The minimum Gasteiger partial charge on any atom is -0.336 e. The summed E-state index contributed by atoms with van der Waals surface area (Å²) < 4.78 is 1.96. The van der Waals surface area contributed by atoms with Crippen molar-refractivity contribution in [3.63, 3.8) is 0 Å². The largest absolute Gasteiger partial charge is 0.336 e. The van der Waals surface area contributed by atoms with Gasteiger partial charge in [0.2, 0.25) is 0 Å². The average Bonchev–Trinajstić information content (AvgIpc) is 2.10. The lowest BCUT2D eigenvalue weighted by molar-refractivity contribution is 0.686. The van der Waals surface area contributed by atoms with Gasteiger partial charge in [0.1, 0.15) is 5.82 Å². The summed E-state index contributed by atoms with van der Waals surface area (Å²) in [5, 5.41) is 0. The van der Waals surface area contributed by atoms with Gasteiger partial charge in [-0.15, -0.1) is 0 Å². The van der Waals surface area contributed by atoms with Gasteiger partial charge in [0, 0.05) is 13.2 Å². The molecule has 1 atom stereocenters. The summed E-state index contributed by atoms with van der Waals surface area (Å²) in [5.74, 6) is 0.942. The number of aryl methyl sites for hydroxylation is 2. The molecule has 0 radical (unpaired) electrons. The van der Waals surface area contributed by atoms with E-state index in [0.717, 1.165) is 11.5 Å². The maximum Gasteiger partial charge on any atom is 0.125 e. The first kappa shape index (κ1) is 7.28. The van der Waals surface area contributed by atoms with E-state index in [1.165, 1.54) is 0 Å². The van der Waals surface area contributed by atoms with E-state index in [2.05, 4.69) is 4.98 Å². The van der Waals surface area contributed by atoms with Crippen LogP contribution in [0.25, 0.3) is 0 Å². The van der Waals surface area contributed by atoms with Crippen LogP contribution in [0.3, 0.4) is 0 Å². The second-order valence-corrected chi connectivity index (χ2v) is 2.64. The molecule has 10 heavy (non-hydrogen) atoms. The third-order valence-corrected chi connectivity index (χ3v) is 1.44. The lowest BCUT2D eigenvalue weighted by atomic mass is 10.3. The van der Waals surface area contributed by atoms with Crippen LogP contribution in [0.1, 0.15) is 24.5 Å². The van der Waals surface area contributed by atoms with E-state index in [0.29, 0.717) is 0 Å². The summed E-state index contributed by atoms with van der Waals surface area (Å²) >= 11 is 0. The summed E-state index contributed by atoms with van der Waals surface area (Å²) in [6.07, 6.45) is 1.97. The van der Waals surface area contributed by atoms with Crippen molar-refractivity contribution in [2.45, 2.75) is 19.9 Å². The topological polar surface area (TPSA) is 43.8 Å². The molecule has 0 fully saturated rings. The molecule has 3 nitrogen and oxygen atoms in total. The average molecular weight is 139 g/mol. The zero-order valence-corrected chi connectivity index (χ0v) is 6.63. The molecule has 2 N–H and O–H groups in total. The normalized spacial score (nSPS) is 13.6. The Balaban J connectivity index is 3.03. The molecule has 1 aromatic heterocycles. The van der Waals surface area contributed by atoms with Crippen molar-refractivity contribution in [2.75, 3.05) is 0 Å². The zero-order chi connectivity index (χ0) is 7.72. The lowest BCUT2D eigenvalue weighted by Crippen LogP contribution is -2.10. The van der Waals surface area contributed by atoms with Crippen LogP contribution in [0.5, 0.6) is 0 Å². The number of imidazole rings is 1. The SMILES string of the molecule is Cc1cn(C)c(C(C)N)n1. The summed E-state index contributed by atoms with van der Waals surface area (Å²) in [7, 11) is 1.96. The maximum absolute atomic E-state index is 5.64. The molecule has 0 spiro atoms. The van der Waals surface area contributed by atoms with Gasteiger partial charge in [-0.3, -0.25) is 0 Å². The van der Waals surface area contributed by atoms with Crippen molar-refractivity contribution in [3.8, 4) is 0 Å². The smallest absolute Gasteiger partial charge is 0.125 e. The number of rotatable bonds is 1. The van der Waals surface area contributed by atoms with Gasteiger partial charge in [0.15, 0.2) is 0 Å². The first-order valence-corrected chi connectivity index (χ1v) is 3.36. The quantitative estimate of drug-likeness (QED) is 0.624. The van der Waals surface area contributed by atoms with Crippen LogP contribution in [0.15, 0.2) is 6.20 Å². The first-order chi connectivity index (χ1) is 4.61. The second-order valence-electron chi connectivity index (χ2n) is 2.64. The molecule has 1 unspecified atom stereocenters. The zero-order valence-electron chi connectivity index (χ0n) is 6.63. The fourth-order valence-corrected chi connectivity index (χ4v) is 1.06. The highest BCUT2D eigenvalue weighted by molar-refractivity contribution is 5.03. The molecule has 0 bridgehead atoms. The standard InChI is InChI=1S/C7H13N3/c1-5-4-10(3)7(9-5)6(2)8/h4,6H,8H2,1-3H3. The van der Waals surface area contributed by atoms with Crippen LogP contribution in [0.2, 0.25) is 0 Å². The van der Waals surface area contributed by atoms with Gasteiger partial charge in [0.25, 0.3) is 0 Å². The fourth-order valence-electron chi connectivity index (χ4n) is 1.06. The Hall–Kier alpha value is -0.830. The highest BCUT2D eigenvalue weighted by atomic mass is 15.1. The van der Waals surface area contributed by atoms with E-state index in [4.69, 9.17) is 5.73 Å². The highest BCUT2D eigenvalue weighted by Gasteiger charge is 2.05. The summed E-state index contributed by atoms with van der Waals surface area (Å²) in [4.78, 5) is 4.25. The molecule has 0 saturated carbocycles. The first-order valence-electron chi connectivity index (χ1n) is 3.36. The summed E-state index contributed by atoms with van der Waals surface area (Å²) in [5.41, 5.74) is 6.67. The van der Waals surface area contributed by atoms with Gasteiger partial charge in [-0.25, -0.2) is 4.98 Å². The van der Waals surface area contributed by atoms with Crippen molar-refractivity contribution in [3.05, 3.63) is 17.7 Å². The number of hydrogen-bond donors (Lipinski definition) is 1. The molecule has 1 heterocycles. The van der Waals surface area contributed by atoms with Crippen LogP contribution in [-0.2, 0) is 7.05 Å². The molecular weight excluding hydrogens is 126 g/mol. The minimum absolute atomic E-state index is 0.0266. The van der Waals surface area contributed by atoms with Gasteiger partial charge in [0.05, 0.1) is 11.7 Å². The number of nitrogens with zero attached hydrogens (tertiary/aromatic N) is 2. The predicted molar refractivity (Wildman–Crippen MR) is 40.5 cm³/mol. The molecule has 56 valence electrons. The third kappa shape index (κ3) is 1.19. The molecular formula is C7H13N3. The Kier molecular flexibility index (Phi) is 1.76. The van der Waals surface area contributed by atoms with Crippen molar-refractivity contribution in [1.29, 1.82) is 0 Å². The van der Waals surface area contributed by atoms with Crippen molar-refractivity contribution in [1.82, 2.24) is 9.55 Å². The fraction of sp³-hybridized carbons (Fsp3) is 0.571. The van der Waals surface area contributed by atoms with E-state index in [9.17, 15) is 0 Å². The maximum atomic E-state index is 5.64. The second kappa shape index (κ2) is 2.42. The minimum atomic E-state index is 0.0266. The molecule has 0 aromatic carbocycles. The van der Waals surface area contributed by atoms with Crippen LogP contribution in [0, 0.1) is 6.92 Å². The predicted octanol–water partition coefficient (Wildman–Crippen LogP) is 0.748. The van der Waals surface area contributed by atoms with Crippen molar-refractivity contribution >= 4 is 0 Å². The Morgan fingerprint density at radius 1 is 1.70 bits per heavy atom. The van der Waals surface area contributed by atoms with E-state index in [-0.39, 0.29) is 6.04 Å². The van der Waals surface area contributed by atoms with Crippen LogP contribution in [0.4, 0.5) is 0 Å². The third-order valence-electron chi connectivity index (χ3n) is 1.44. The Bertz CT molecular complexity index is 225. The van der Waals surface area contributed by atoms with E-state index in [1.54, 1.807) is 0 Å². The van der Waals surface area contributed by atoms with Crippen LogP contribution >= 0.6 is 0 Å². The molecule has 3 heteroatoms. The Morgan fingerprint density at radius 3 is 2.50 bits per heavy atom. The molecule has 0 aliphatic rings. The molecule has 0 aliphatic heterocycles. The highest BCUT2D eigenvalue weighted by Crippen LogP contribution is 2.06. The van der Waals surface area contributed by atoms with Gasteiger partial charge in [-0.1, -0.05) is 0 Å². The molecule has 0 amide bonds. The number of nitrogens with two attached hydrogens (primary N) is 1. The Morgan fingerprint density at radius 2 is 2.30 bits per heavy atom. The van der Waals surface area contributed by atoms with E-state index < -0.39 is 0 Å². The summed E-state index contributed by atoms with van der Waals surface area (Å²) in [6, 6.07) is 0.0266. The van der Waals surface area contributed by atoms with Gasteiger partial charge >= 0.3 is 0 Å². The molecule has 0 saturated heterocycles. The number of aromatic nitrogens is 2. The Labute approximate surface area is 60.9 Å². The van der Waals surface area contributed by atoms with E-state index in [1.807, 2.05) is 31.7 Å². The monoisotopic (exact) mass is 139 g/mol. The van der Waals surface area contributed by atoms with Gasteiger partial charge in [-0.05, 0) is 13.8 Å². The molecule has 1 rings (SSSR count). The van der Waals surface area contributed by atoms with Crippen LogP contribution < -0.4 is 5.73 Å². The van der Waals surface area contributed by atoms with Gasteiger partial charge in [-0.2, -0.15) is 0 Å². The molecule has 1 aromatic rings. The van der Waals surface area contributed by atoms with E-state index >= 15 is 0 Å². The number of hydrogen-bond acceptors (Lipinski definition) is 2. The van der Waals surface area contributed by atoms with Crippen LogP contribution in [-0.4, -0.2) is 9.55 Å². The van der Waals surface area contributed by atoms with Crippen molar-refractivity contribution < 1.29 is 0 Å².